The van der Waals surface area contributed by atoms with Gasteiger partial charge in [-0.25, -0.2) is 4.98 Å². The van der Waals surface area contributed by atoms with E-state index in [0.717, 1.165) is 45.1 Å². The average molecular weight is 245 g/mol. The van der Waals surface area contributed by atoms with E-state index < -0.39 is 0 Å². The first-order chi connectivity index (χ1) is 8.78. The lowest BCUT2D eigenvalue weighted by Gasteiger charge is -2.32. The molecule has 1 fully saturated rings. The average Bonchev–Trinajstić information content (AvgIpc) is 2.42. The minimum atomic E-state index is 0.597. The highest BCUT2D eigenvalue weighted by Crippen LogP contribution is 2.04. The van der Waals surface area contributed by atoms with Crippen LogP contribution in [0.4, 0.5) is 5.82 Å². The van der Waals surface area contributed by atoms with Crippen LogP contribution in [0.5, 0.6) is 0 Å². The van der Waals surface area contributed by atoms with Crippen LogP contribution in [0.15, 0.2) is 18.3 Å². The zero-order valence-electron chi connectivity index (χ0n) is 10.8. The lowest BCUT2D eigenvalue weighted by atomic mass is 10.3. The quantitative estimate of drug-likeness (QED) is 0.842. The monoisotopic (exact) mass is 245 g/mol. The SMILES string of the molecule is CN1CCN(CCNc2ccc(C#N)cn2)CC1. The Balaban J connectivity index is 1.70. The van der Waals surface area contributed by atoms with Crippen LogP contribution in [0.1, 0.15) is 5.56 Å². The van der Waals surface area contributed by atoms with E-state index in [1.807, 2.05) is 6.07 Å². The summed E-state index contributed by atoms with van der Waals surface area (Å²) in [5.74, 6) is 0.836. The second-order valence-electron chi connectivity index (χ2n) is 4.62. The van der Waals surface area contributed by atoms with E-state index in [2.05, 4.69) is 33.2 Å². The first-order valence-corrected chi connectivity index (χ1v) is 6.29. The molecule has 96 valence electrons. The number of aromatic nitrogens is 1. The number of hydrogen-bond donors (Lipinski definition) is 1. The normalized spacial score (nSPS) is 17.3. The Kier molecular flexibility index (Phi) is 4.51. The van der Waals surface area contributed by atoms with Gasteiger partial charge in [0.15, 0.2) is 0 Å². The fourth-order valence-electron chi connectivity index (χ4n) is 1.98. The Hall–Kier alpha value is -1.64. The lowest BCUT2D eigenvalue weighted by Crippen LogP contribution is -2.45. The second kappa shape index (κ2) is 6.34. The van der Waals surface area contributed by atoms with E-state index >= 15 is 0 Å². The molecule has 0 unspecified atom stereocenters. The molecule has 0 atom stereocenters. The molecule has 0 radical (unpaired) electrons. The van der Waals surface area contributed by atoms with Crippen molar-refractivity contribution in [2.24, 2.45) is 0 Å². The third kappa shape index (κ3) is 3.69. The Morgan fingerprint density at radius 3 is 2.72 bits per heavy atom. The van der Waals surface area contributed by atoms with Crippen molar-refractivity contribution < 1.29 is 0 Å². The van der Waals surface area contributed by atoms with Gasteiger partial charge >= 0.3 is 0 Å². The number of nitriles is 1. The van der Waals surface area contributed by atoms with Gasteiger partial charge in [-0.3, -0.25) is 4.90 Å². The van der Waals surface area contributed by atoms with Gasteiger partial charge in [-0.15, -0.1) is 0 Å². The molecule has 5 nitrogen and oxygen atoms in total. The summed E-state index contributed by atoms with van der Waals surface area (Å²) in [4.78, 5) is 8.99. The minimum absolute atomic E-state index is 0.597. The summed E-state index contributed by atoms with van der Waals surface area (Å²) in [6, 6.07) is 5.70. The minimum Gasteiger partial charge on any atom is -0.369 e. The van der Waals surface area contributed by atoms with Crippen molar-refractivity contribution in [1.82, 2.24) is 14.8 Å². The summed E-state index contributed by atoms with van der Waals surface area (Å²) < 4.78 is 0. The fourth-order valence-corrected chi connectivity index (χ4v) is 1.98. The maximum absolute atomic E-state index is 8.68. The fraction of sp³-hybridized carbons (Fsp3) is 0.538. The Morgan fingerprint density at radius 1 is 1.33 bits per heavy atom. The van der Waals surface area contributed by atoms with Crippen molar-refractivity contribution in [1.29, 1.82) is 5.26 Å². The Labute approximate surface area is 108 Å². The van der Waals surface area contributed by atoms with E-state index in [-0.39, 0.29) is 0 Å². The van der Waals surface area contributed by atoms with Gasteiger partial charge in [0.2, 0.25) is 0 Å². The van der Waals surface area contributed by atoms with Crippen LogP contribution in [0.3, 0.4) is 0 Å². The summed E-state index contributed by atoms with van der Waals surface area (Å²) in [6.45, 7) is 6.50. The van der Waals surface area contributed by atoms with Gasteiger partial charge < -0.3 is 10.2 Å². The smallest absolute Gasteiger partial charge is 0.126 e. The van der Waals surface area contributed by atoms with Gasteiger partial charge in [-0.2, -0.15) is 5.26 Å². The van der Waals surface area contributed by atoms with Crippen LogP contribution in [0.2, 0.25) is 0 Å². The van der Waals surface area contributed by atoms with Gasteiger partial charge in [0.05, 0.1) is 5.56 Å². The Bertz CT molecular complexity index is 400. The number of nitrogens with one attached hydrogen (secondary N) is 1. The van der Waals surface area contributed by atoms with E-state index in [0.29, 0.717) is 5.56 Å². The van der Waals surface area contributed by atoms with Crippen LogP contribution in [0.25, 0.3) is 0 Å². The molecule has 0 bridgehead atoms. The number of likely N-dealkylation sites (N-methyl/N-ethyl adjacent to an activating group) is 1. The molecule has 0 aromatic carbocycles. The molecule has 1 aromatic rings. The standard InChI is InChI=1S/C13H19N5/c1-17-6-8-18(9-7-17)5-4-15-13-3-2-12(10-14)11-16-13/h2-3,11H,4-9H2,1H3,(H,15,16). The highest BCUT2D eigenvalue weighted by molar-refractivity contribution is 5.38. The number of hydrogen-bond acceptors (Lipinski definition) is 5. The molecule has 1 aliphatic heterocycles. The van der Waals surface area contributed by atoms with Crippen molar-refractivity contribution in [3.8, 4) is 6.07 Å². The van der Waals surface area contributed by atoms with Gasteiger partial charge in [0, 0.05) is 45.5 Å². The molecule has 1 aliphatic rings. The molecule has 0 amide bonds. The number of rotatable bonds is 4. The molecule has 2 heterocycles. The topological polar surface area (TPSA) is 55.2 Å². The predicted octanol–water partition coefficient (Wildman–Crippen LogP) is 0.613. The first kappa shape index (κ1) is 12.8. The van der Waals surface area contributed by atoms with Gasteiger partial charge in [-0.05, 0) is 19.2 Å². The van der Waals surface area contributed by atoms with Gasteiger partial charge in [0.1, 0.15) is 11.9 Å². The molecular formula is C13H19N5. The van der Waals surface area contributed by atoms with Gasteiger partial charge in [0.25, 0.3) is 0 Å². The zero-order valence-corrected chi connectivity index (χ0v) is 10.8. The van der Waals surface area contributed by atoms with E-state index in [1.165, 1.54) is 0 Å². The molecule has 0 saturated carbocycles. The van der Waals surface area contributed by atoms with Crippen LogP contribution in [-0.4, -0.2) is 61.1 Å². The molecule has 2 rings (SSSR count). The van der Waals surface area contributed by atoms with E-state index in [4.69, 9.17) is 5.26 Å². The van der Waals surface area contributed by atoms with Crippen molar-refractivity contribution in [3.63, 3.8) is 0 Å². The highest BCUT2D eigenvalue weighted by atomic mass is 15.2. The molecular weight excluding hydrogens is 226 g/mol. The van der Waals surface area contributed by atoms with E-state index in [9.17, 15) is 0 Å². The summed E-state index contributed by atoms with van der Waals surface area (Å²) >= 11 is 0. The highest BCUT2D eigenvalue weighted by Gasteiger charge is 2.12. The molecule has 1 aromatic heterocycles. The number of pyridine rings is 1. The molecule has 5 heteroatoms. The maximum Gasteiger partial charge on any atom is 0.126 e. The van der Waals surface area contributed by atoms with Crippen molar-refractivity contribution in [2.45, 2.75) is 0 Å². The van der Waals surface area contributed by atoms with Crippen molar-refractivity contribution >= 4 is 5.82 Å². The van der Waals surface area contributed by atoms with Gasteiger partial charge in [-0.1, -0.05) is 0 Å². The zero-order chi connectivity index (χ0) is 12.8. The summed E-state index contributed by atoms with van der Waals surface area (Å²) in [7, 11) is 2.16. The number of anilines is 1. The first-order valence-electron chi connectivity index (χ1n) is 6.29. The molecule has 0 spiro atoms. The van der Waals surface area contributed by atoms with Crippen LogP contribution >= 0.6 is 0 Å². The third-order valence-electron chi connectivity index (χ3n) is 3.22. The van der Waals surface area contributed by atoms with Crippen LogP contribution in [0, 0.1) is 11.3 Å². The summed E-state index contributed by atoms with van der Waals surface area (Å²) in [5.41, 5.74) is 0.597. The molecule has 1 saturated heterocycles. The number of piperazine rings is 1. The summed E-state index contributed by atoms with van der Waals surface area (Å²) in [5, 5.41) is 12.0. The Morgan fingerprint density at radius 2 is 2.11 bits per heavy atom. The van der Waals surface area contributed by atoms with E-state index in [1.54, 1.807) is 12.3 Å². The van der Waals surface area contributed by atoms with Crippen LogP contribution in [-0.2, 0) is 0 Å². The summed E-state index contributed by atoms with van der Waals surface area (Å²) in [6.07, 6.45) is 1.60. The number of nitrogens with zero attached hydrogens (tertiary/aromatic N) is 4. The van der Waals surface area contributed by atoms with Crippen molar-refractivity contribution in [3.05, 3.63) is 23.9 Å². The maximum atomic E-state index is 8.68. The van der Waals surface area contributed by atoms with Crippen molar-refractivity contribution in [2.75, 3.05) is 51.6 Å². The lowest BCUT2D eigenvalue weighted by molar-refractivity contribution is 0.158. The predicted molar refractivity (Wildman–Crippen MR) is 71.4 cm³/mol. The third-order valence-corrected chi connectivity index (χ3v) is 3.22. The molecule has 18 heavy (non-hydrogen) atoms. The molecule has 0 aliphatic carbocycles. The van der Waals surface area contributed by atoms with Crippen LogP contribution < -0.4 is 5.32 Å². The molecule has 1 N–H and O–H groups in total. The largest absolute Gasteiger partial charge is 0.369 e. The second-order valence-corrected chi connectivity index (χ2v) is 4.62.